The largest absolute Gasteiger partial charge is 0.496 e. The lowest BCUT2D eigenvalue weighted by atomic mass is 9.74. The lowest BCUT2D eigenvalue weighted by Gasteiger charge is -2.46. The molecule has 3 heterocycles. The van der Waals surface area contributed by atoms with Crippen molar-refractivity contribution in [3.63, 3.8) is 0 Å². The highest BCUT2D eigenvalue weighted by Gasteiger charge is 2.40. The van der Waals surface area contributed by atoms with Crippen LogP contribution < -0.4 is 4.74 Å². The Morgan fingerprint density at radius 1 is 1.48 bits per heavy atom. The molecule has 134 valence electrons. The van der Waals surface area contributed by atoms with Gasteiger partial charge in [0.15, 0.2) is 0 Å². The van der Waals surface area contributed by atoms with Crippen LogP contribution in [0.1, 0.15) is 52.3 Å². The molecule has 0 spiro atoms. The minimum absolute atomic E-state index is 0.484. The third-order valence-electron chi connectivity index (χ3n) is 6.41. The molecule has 0 radical (unpaired) electrons. The van der Waals surface area contributed by atoms with E-state index in [4.69, 9.17) is 4.74 Å². The Bertz CT molecular complexity index is 855. The maximum Gasteiger partial charge on any atom is 0.128 e. The third kappa shape index (κ3) is 2.60. The molecule has 0 bridgehead atoms. The second-order valence-corrected chi connectivity index (χ2v) is 7.52. The molecule has 0 unspecified atom stereocenters. The molecule has 1 aromatic carbocycles. The van der Waals surface area contributed by atoms with Gasteiger partial charge in [0.1, 0.15) is 5.75 Å². The molecule has 3 heteroatoms. The van der Waals surface area contributed by atoms with Crippen LogP contribution in [-0.4, -0.2) is 30.1 Å². The first-order chi connectivity index (χ1) is 12.5. The number of hydrogen-bond acceptors (Lipinski definition) is 2. The van der Waals surface area contributed by atoms with Crippen molar-refractivity contribution in [2.45, 2.75) is 46.1 Å². The second-order valence-electron chi connectivity index (χ2n) is 7.52. The number of hydrogen-bond donors (Lipinski definition) is 1. The number of ether oxygens (including phenoxy) is 1. The predicted octanol–water partition coefficient (Wildman–Crippen LogP) is 5.09. The molecule has 0 saturated carbocycles. The summed E-state index contributed by atoms with van der Waals surface area (Å²) in [6.07, 6.45) is 5.27. The molecule has 0 aliphatic carbocycles. The van der Waals surface area contributed by atoms with Crippen molar-refractivity contribution in [3.8, 4) is 5.75 Å². The highest BCUT2D eigenvalue weighted by Crippen LogP contribution is 2.46. The molecule has 2 aliphatic rings. The summed E-state index contributed by atoms with van der Waals surface area (Å²) in [7, 11) is 1.73. The molecular weight excluding hydrogens is 308 g/mol. The summed E-state index contributed by atoms with van der Waals surface area (Å²) in [6.45, 7) is 8.64. The summed E-state index contributed by atoms with van der Waals surface area (Å²) in [5.41, 5.74) is 4.91. The Morgan fingerprint density at radius 3 is 3.04 bits per heavy atom. The average Bonchev–Trinajstić information content (AvgIpc) is 3.06. The van der Waals surface area contributed by atoms with Crippen LogP contribution in [0.3, 0.4) is 0 Å². The first-order valence-corrected chi connectivity index (χ1v) is 9.59. The van der Waals surface area contributed by atoms with Gasteiger partial charge in [-0.25, -0.2) is 0 Å². The standard InChI is InChI=1S/C22H30N2O/c1-5-14(3)17-12-19-22-16(10-11-24(19)13-15(17)6-2)21-18(23-22)8-7-9-20(21)25-4/h5,7-9,15,17,19,23H,6,10-13H2,1-4H3/b14-5-/t15-,17+,19-/m0/s1/i19D. The number of piperidine rings is 1. The smallest absolute Gasteiger partial charge is 0.128 e. The Labute approximate surface area is 152 Å². The van der Waals surface area contributed by atoms with Crippen molar-refractivity contribution < 1.29 is 6.11 Å². The minimum Gasteiger partial charge on any atom is -0.496 e. The second kappa shape index (κ2) is 6.53. The Morgan fingerprint density at radius 2 is 2.32 bits per heavy atom. The summed E-state index contributed by atoms with van der Waals surface area (Å²) in [6, 6.07) is 5.49. The number of fused-ring (bicyclic) bond motifs is 5. The van der Waals surface area contributed by atoms with Crippen LogP contribution in [-0.2, 0) is 6.42 Å². The topological polar surface area (TPSA) is 28.3 Å². The summed E-state index contributed by atoms with van der Waals surface area (Å²) in [5, 5.41) is 1.17. The van der Waals surface area contributed by atoms with E-state index in [1.807, 2.05) is 12.1 Å². The van der Waals surface area contributed by atoms with Crippen molar-refractivity contribution in [1.29, 1.82) is 0 Å². The minimum atomic E-state index is -0.668. The third-order valence-corrected chi connectivity index (χ3v) is 6.41. The SMILES string of the molecule is [2H][C@@]12C[C@H](/C(C)=C\C)[C@@H](CC)CN1CCc1c2[nH]c2cccc(OC)c12. The fraction of sp³-hybridized carbons (Fsp3) is 0.545. The molecule has 1 N–H and O–H groups in total. The Hall–Kier alpha value is -1.74. The Balaban J connectivity index is 1.85. The zero-order valence-electron chi connectivity index (χ0n) is 16.9. The van der Waals surface area contributed by atoms with Crippen LogP contribution in [0.15, 0.2) is 29.8 Å². The first kappa shape index (κ1) is 15.5. The van der Waals surface area contributed by atoms with Gasteiger partial charge in [0.05, 0.1) is 14.5 Å². The van der Waals surface area contributed by atoms with Crippen molar-refractivity contribution in [2.75, 3.05) is 20.2 Å². The van der Waals surface area contributed by atoms with Crippen LogP contribution in [0, 0.1) is 11.8 Å². The number of benzene rings is 1. The number of nitrogens with one attached hydrogen (secondary N) is 1. The molecule has 25 heavy (non-hydrogen) atoms. The van der Waals surface area contributed by atoms with Crippen LogP contribution in [0.2, 0.25) is 0 Å². The number of methoxy groups -OCH3 is 1. The highest BCUT2D eigenvalue weighted by molar-refractivity contribution is 5.91. The van der Waals surface area contributed by atoms with E-state index in [1.54, 1.807) is 7.11 Å². The van der Waals surface area contributed by atoms with Gasteiger partial charge >= 0.3 is 0 Å². The number of allylic oxidation sites excluding steroid dienone is 2. The normalized spacial score (nSPS) is 30.7. The van der Waals surface area contributed by atoms with Crippen LogP contribution in [0.25, 0.3) is 10.9 Å². The van der Waals surface area contributed by atoms with E-state index in [-0.39, 0.29) is 0 Å². The molecule has 2 aromatic rings. The van der Waals surface area contributed by atoms with Gasteiger partial charge in [0, 0.05) is 29.7 Å². The van der Waals surface area contributed by atoms with Crippen molar-refractivity contribution in [2.24, 2.45) is 11.8 Å². The van der Waals surface area contributed by atoms with Gasteiger partial charge in [-0.05, 0) is 56.2 Å². The van der Waals surface area contributed by atoms with Gasteiger partial charge in [-0.2, -0.15) is 0 Å². The molecule has 1 saturated heterocycles. The lowest BCUT2D eigenvalue weighted by molar-refractivity contribution is 0.0637. The fourth-order valence-corrected chi connectivity index (χ4v) is 4.87. The molecule has 4 rings (SSSR count). The first-order valence-electron chi connectivity index (χ1n) is 10.1. The van der Waals surface area contributed by atoms with Crippen LogP contribution >= 0.6 is 0 Å². The zero-order chi connectivity index (χ0) is 18.5. The maximum absolute atomic E-state index is 9.51. The molecule has 3 nitrogen and oxygen atoms in total. The summed E-state index contributed by atoms with van der Waals surface area (Å²) in [4.78, 5) is 6.02. The molecule has 2 aliphatic heterocycles. The number of H-pyrrole nitrogens is 1. The van der Waals surface area contributed by atoms with E-state index in [0.717, 1.165) is 42.9 Å². The van der Waals surface area contributed by atoms with E-state index in [2.05, 4.69) is 42.8 Å². The van der Waals surface area contributed by atoms with Crippen LogP contribution in [0.5, 0.6) is 5.75 Å². The lowest BCUT2D eigenvalue weighted by Crippen LogP contribution is -2.46. The van der Waals surface area contributed by atoms with Gasteiger partial charge < -0.3 is 9.72 Å². The number of aromatic amines is 1. The van der Waals surface area contributed by atoms with E-state index < -0.39 is 6.02 Å². The maximum atomic E-state index is 9.51. The summed E-state index contributed by atoms with van der Waals surface area (Å²) >= 11 is 0. The summed E-state index contributed by atoms with van der Waals surface area (Å²) < 4.78 is 15.1. The number of aromatic nitrogens is 1. The average molecular weight is 340 g/mol. The van der Waals surface area contributed by atoms with Crippen molar-refractivity contribution in [1.82, 2.24) is 9.88 Å². The van der Waals surface area contributed by atoms with Gasteiger partial charge in [-0.3, -0.25) is 4.90 Å². The van der Waals surface area contributed by atoms with Crippen molar-refractivity contribution >= 4 is 10.9 Å². The predicted molar refractivity (Wildman–Crippen MR) is 104 cm³/mol. The molecular formula is C22H30N2O. The van der Waals surface area contributed by atoms with Crippen LogP contribution in [0.4, 0.5) is 0 Å². The van der Waals surface area contributed by atoms with Gasteiger partial charge in [0.25, 0.3) is 0 Å². The highest BCUT2D eigenvalue weighted by atomic mass is 16.5. The summed E-state index contributed by atoms with van der Waals surface area (Å²) in [5.74, 6) is 2.05. The van der Waals surface area contributed by atoms with Gasteiger partial charge in [-0.15, -0.1) is 0 Å². The number of nitrogens with zero attached hydrogens (tertiary/aromatic N) is 1. The quantitative estimate of drug-likeness (QED) is 0.789. The molecule has 0 amide bonds. The van der Waals surface area contributed by atoms with E-state index in [0.29, 0.717) is 11.8 Å². The van der Waals surface area contributed by atoms with E-state index in [1.165, 1.54) is 22.9 Å². The zero-order valence-corrected chi connectivity index (χ0v) is 15.9. The van der Waals surface area contributed by atoms with E-state index >= 15 is 0 Å². The van der Waals surface area contributed by atoms with E-state index in [9.17, 15) is 1.37 Å². The van der Waals surface area contributed by atoms with Gasteiger partial charge in [-0.1, -0.05) is 31.1 Å². The molecule has 1 aromatic heterocycles. The fourth-order valence-electron chi connectivity index (χ4n) is 4.87. The molecule has 1 fully saturated rings. The monoisotopic (exact) mass is 339 g/mol. The van der Waals surface area contributed by atoms with Crippen molar-refractivity contribution in [3.05, 3.63) is 41.1 Å². The Kier molecular flexibility index (Phi) is 4.05. The molecule has 3 atom stereocenters. The van der Waals surface area contributed by atoms with Gasteiger partial charge in [0.2, 0.25) is 0 Å². The number of rotatable bonds is 3.